The summed E-state index contributed by atoms with van der Waals surface area (Å²) in [5.74, 6) is -1.49. The van der Waals surface area contributed by atoms with E-state index in [-0.39, 0.29) is 5.03 Å². The highest BCUT2D eigenvalue weighted by atomic mass is 35.5. The molecule has 0 aromatic heterocycles. The maximum absolute atomic E-state index is 15.1. The van der Waals surface area contributed by atoms with Crippen molar-refractivity contribution in [1.82, 2.24) is 4.90 Å². The second kappa shape index (κ2) is 7.37. The largest absolute Gasteiger partial charge is 0.337 e. The van der Waals surface area contributed by atoms with E-state index < -0.39 is 68.1 Å². The van der Waals surface area contributed by atoms with Gasteiger partial charge in [0.1, 0.15) is 11.1 Å². The Hall–Kier alpha value is -0.550. The third kappa shape index (κ3) is 3.71. The molecule has 3 rings (SSSR count). The lowest BCUT2D eigenvalue weighted by Gasteiger charge is -2.41. The number of hydrogen-bond acceptors (Lipinski definition) is 7. The van der Waals surface area contributed by atoms with Gasteiger partial charge in [0.15, 0.2) is 23.8 Å². The molecule has 13 heteroatoms. The smallest absolute Gasteiger partial charge is 0.328 e. The molecule has 2 saturated heterocycles. The molecule has 0 N–H and O–H groups in total. The van der Waals surface area contributed by atoms with Crippen molar-refractivity contribution in [2.75, 3.05) is 6.61 Å². The van der Waals surface area contributed by atoms with Gasteiger partial charge in [-0.2, -0.15) is 0 Å². The quantitative estimate of drug-likeness (QED) is 0.482. The van der Waals surface area contributed by atoms with Crippen molar-refractivity contribution in [2.45, 2.75) is 56.9 Å². The van der Waals surface area contributed by atoms with Crippen LogP contribution in [-0.4, -0.2) is 59.8 Å². The fourth-order valence-corrected chi connectivity index (χ4v) is 5.69. The van der Waals surface area contributed by atoms with Crippen molar-refractivity contribution in [1.29, 1.82) is 0 Å². The summed E-state index contributed by atoms with van der Waals surface area (Å²) in [5, 5.41) is -0.336. The fraction of sp³-hybridized carbons (Fsp3) is 0.714. The Labute approximate surface area is 162 Å². The molecule has 27 heavy (non-hydrogen) atoms. The van der Waals surface area contributed by atoms with Crippen molar-refractivity contribution in [3.63, 3.8) is 0 Å². The van der Waals surface area contributed by atoms with Crippen molar-refractivity contribution in [2.24, 2.45) is 0 Å². The van der Waals surface area contributed by atoms with E-state index in [9.17, 15) is 18.4 Å². The number of carbonyl (C=O) groups is 2. The van der Waals surface area contributed by atoms with Gasteiger partial charge in [0.25, 0.3) is 6.43 Å². The third-order valence-electron chi connectivity index (χ3n) is 4.18. The number of amides is 1. The molecule has 0 aromatic rings. The summed E-state index contributed by atoms with van der Waals surface area (Å²) < 4.78 is 63.9. The zero-order chi connectivity index (χ0) is 20.1. The number of ketones is 1. The highest BCUT2D eigenvalue weighted by Gasteiger charge is 2.67. The molecule has 0 radical (unpaired) electrons. The first-order valence-electron chi connectivity index (χ1n) is 7.92. The lowest BCUT2D eigenvalue weighted by molar-refractivity contribution is -0.209. The zero-order valence-electron chi connectivity index (χ0n) is 14.1. The predicted octanol–water partition coefficient (Wildman–Crippen LogP) is 2.63. The highest BCUT2D eigenvalue weighted by molar-refractivity contribution is 8.07. The van der Waals surface area contributed by atoms with Gasteiger partial charge in [-0.25, -0.2) is 13.2 Å². The van der Waals surface area contributed by atoms with Crippen LogP contribution in [-0.2, 0) is 39.7 Å². The van der Waals surface area contributed by atoms with E-state index in [1.165, 1.54) is 0 Å². The number of Topliss-reactive ketones (excluding diaryl/α,β-unsaturated/α-hetero) is 1. The number of alkyl halides is 3. The molecule has 2 fully saturated rings. The first kappa shape index (κ1) is 21.2. The van der Waals surface area contributed by atoms with Crippen LogP contribution in [0.3, 0.4) is 0 Å². The minimum atomic E-state index is -3.48. The van der Waals surface area contributed by atoms with Crippen LogP contribution in [0.15, 0.2) is 11.2 Å². The molecule has 0 saturated carbocycles. The molecule has 0 aliphatic carbocycles. The van der Waals surface area contributed by atoms with E-state index in [0.29, 0.717) is 4.90 Å². The van der Waals surface area contributed by atoms with E-state index in [0.717, 1.165) is 6.20 Å². The Bertz CT molecular complexity index is 740. The van der Waals surface area contributed by atoms with Crippen LogP contribution in [0.4, 0.5) is 13.2 Å². The van der Waals surface area contributed by atoms with Crippen LogP contribution in [0, 0.1) is 0 Å². The molecule has 3 aliphatic rings. The Morgan fingerprint density at radius 3 is 2.70 bits per heavy atom. The highest BCUT2D eigenvalue weighted by Crippen LogP contribution is 2.61. The van der Waals surface area contributed by atoms with Crippen molar-refractivity contribution >= 4 is 41.8 Å². The molecule has 7 nitrogen and oxygen atoms in total. The third-order valence-corrected chi connectivity index (χ3v) is 6.93. The summed E-state index contributed by atoms with van der Waals surface area (Å²) in [4.78, 5) is 24.3. The average Bonchev–Trinajstić information content (AvgIpc) is 2.84. The van der Waals surface area contributed by atoms with Gasteiger partial charge in [0, 0.05) is 6.20 Å². The molecule has 5 atom stereocenters. The number of allylic oxidation sites excluding steroid dienone is 1. The van der Waals surface area contributed by atoms with Crippen LogP contribution in [0.25, 0.3) is 0 Å². The molecule has 1 unspecified atom stereocenters. The van der Waals surface area contributed by atoms with Gasteiger partial charge < -0.3 is 13.8 Å². The first-order chi connectivity index (χ1) is 12.5. The van der Waals surface area contributed by atoms with E-state index >= 15 is 4.39 Å². The Morgan fingerprint density at radius 1 is 1.44 bits per heavy atom. The summed E-state index contributed by atoms with van der Waals surface area (Å²) in [5.41, 5.74) is -2.48. The summed E-state index contributed by atoms with van der Waals surface area (Å²) in [6.45, 7) is -0.988. The standard InChI is InChI=1S/C14H16ClF3NO6PS/c1-6(2)24-26(27)22-5-14(13(17)18)11(25-26)10(16)12(23-14)19-4-7(15)8(20)3-9(19)21/h4,6,10-13H,3,5H2,1-2H3/t10-,11+,12-,14-,26?/m1/s1. The molecule has 0 bridgehead atoms. The molecule has 0 aromatic carbocycles. The van der Waals surface area contributed by atoms with Gasteiger partial charge in [0.05, 0.1) is 19.1 Å². The van der Waals surface area contributed by atoms with Crippen LogP contribution < -0.4 is 0 Å². The maximum Gasteiger partial charge on any atom is 0.328 e. The number of fused-ring (bicyclic) bond motifs is 1. The van der Waals surface area contributed by atoms with Crippen molar-refractivity contribution in [3.8, 4) is 0 Å². The predicted molar refractivity (Wildman–Crippen MR) is 90.2 cm³/mol. The molecular weight excluding hydrogens is 434 g/mol. The summed E-state index contributed by atoms with van der Waals surface area (Å²) in [6.07, 6.45) is -9.19. The van der Waals surface area contributed by atoms with E-state index in [2.05, 4.69) is 0 Å². The molecule has 0 spiro atoms. The van der Waals surface area contributed by atoms with Crippen LogP contribution in [0.2, 0.25) is 0 Å². The van der Waals surface area contributed by atoms with Gasteiger partial charge in [0.2, 0.25) is 5.91 Å². The van der Waals surface area contributed by atoms with E-state index in [1.54, 1.807) is 13.8 Å². The zero-order valence-corrected chi connectivity index (χ0v) is 16.6. The SMILES string of the molecule is CC(C)OP1(=S)OC[C@@]2(C(F)F)O[C@@H](N3C=C(Cl)C(=O)CC3=O)[C@H](F)[C@@H]2O1. The average molecular weight is 450 g/mol. The van der Waals surface area contributed by atoms with Crippen molar-refractivity contribution in [3.05, 3.63) is 11.2 Å². The minimum Gasteiger partial charge on any atom is -0.337 e. The van der Waals surface area contributed by atoms with Crippen LogP contribution in [0.5, 0.6) is 0 Å². The summed E-state index contributed by atoms with van der Waals surface area (Å²) >= 11 is 10.8. The summed E-state index contributed by atoms with van der Waals surface area (Å²) in [7, 11) is 0. The second-order valence-corrected chi connectivity index (χ2v) is 9.81. The minimum absolute atomic E-state index is 0.336. The van der Waals surface area contributed by atoms with Gasteiger partial charge >= 0.3 is 6.72 Å². The number of ether oxygens (including phenoxy) is 1. The number of nitrogens with zero attached hydrogens (tertiary/aromatic N) is 1. The monoisotopic (exact) mass is 449 g/mol. The fourth-order valence-electron chi connectivity index (χ4n) is 2.95. The lowest BCUT2D eigenvalue weighted by Crippen LogP contribution is -2.55. The molecule has 1 amide bonds. The number of halogens is 4. The summed E-state index contributed by atoms with van der Waals surface area (Å²) in [6, 6.07) is 0. The first-order valence-corrected chi connectivity index (χ1v) is 10.9. The van der Waals surface area contributed by atoms with Gasteiger partial charge in [-0.3, -0.25) is 19.0 Å². The van der Waals surface area contributed by atoms with Gasteiger partial charge in [-0.1, -0.05) is 11.6 Å². The Balaban J connectivity index is 1.93. The van der Waals surface area contributed by atoms with Crippen LogP contribution >= 0.6 is 18.3 Å². The topological polar surface area (TPSA) is 74.3 Å². The molecule has 3 aliphatic heterocycles. The number of carbonyl (C=O) groups excluding carboxylic acids is 2. The normalized spacial score (nSPS) is 39.9. The lowest BCUT2D eigenvalue weighted by atomic mass is 9.97. The van der Waals surface area contributed by atoms with Gasteiger partial charge in [-0.05, 0) is 25.7 Å². The van der Waals surface area contributed by atoms with E-state index in [4.69, 9.17) is 41.7 Å². The molecule has 3 heterocycles. The number of rotatable bonds is 4. The van der Waals surface area contributed by atoms with E-state index in [1.807, 2.05) is 0 Å². The molecular formula is C14H16ClF3NO6PS. The Morgan fingerprint density at radius 2 is 2.11 bits per heavy atom. The second-order valence-electron chi connectivity index (χ2n) is 6.49. The van der Waals surface area contributed by atoms with Crippen LogP contribution in [0.1, 0.15) is 20.3 Å². The number of hydrogen-bond donors (Lipinski definition) is 0. The van der Waals surface area contributed by atoms with Gasteiger partial charge in [-0.15, -0.1) is 0 Å². The van der Waals surface area contributed by atoms with Crippen molar-refractivity contribution < 1.29 is 41.1 Å². The molecule has 152 valence electrons. The Kier molecular flexibility index (Phi) is 5.77. The maximum atomic E-state index is 15.1.